The molecule has 2 N–H and O–H groups in total. The van der Waals surface area contributed by atoms with Crippen molar-refractivity contribution in [2.45, 2.75) is 20.4 Å². The fourth-order valence-corrected chi connectivity index (χ4v) is 3.04. The van der Waals surface area contributed by atoms with Gasteiger partial charge in [0.15, 0.2) is 5.84 Å². The highest BCUT2D eigenvalue weighted by atomic mass is 32.1. The van der Waals surface area contributed by atoms with Crippen LogP contribution in [0.1, 0.15) is 32.2 Å². The van der Waals surface area contributed by atoms with E-state index >= 15 is 0 Å². The van der Waals surface area contributed by atoms with Gasteiger partial charge in [-0.05, 0) is 49.1 Å². The molecule has 0 bridgehead atoms. The second-order valence-corrected chi connectivity index (χ2v) is 6.57. The Kier molecular flexibility index (Phi) is 4.95. The summed E-state index contributed by atoms with van der Waals surface area (Å²) in [6.07, 6.45) is 0. The lowest BCUT2D eigenvalue weighted by molar-refractivity contribution is 0.0516. The molecule has 0 saturated heterocycles. The first-order valence-electron chi connectivity index (χ1n) is 7.71. The summed E-state index contributed by atoms with van der Waals surface area (Å²) in [5.41, 5.74) is 9.19. The van der Waals surface area contributed by atoms with Crippen molar-refractivity contribution in [3.8, 4) is 0 Å². The van der Waals surface area contributed by atoms with E-state index in [0.29, 0.717) is 12.1 Å². The van der Waals surface area contributed by atoms with Gasteiger partial charge in [0.05, 0.1) is 22.7 Å². The van der Waals surface area contributed by atoms with Gasteiger partial charge >= 0.3 is 5.97 Å². The van der Waals surface area contributed by atoms with Gasteiger partial charge in [-0.1, -0.05) is 23.4 Å². The summed E-state index contributed by atoms with van der Waals surface area (Å²) in [6.45, 7) is 4.54. The lowest BCUT2D eigenvalue weighted by atomic mass is 10.1. The molecule has 7 heteroatoms. The Labute approximate surface area is 149 Å². The zero-order valence-corrected chi connectivity index (χ0v) is 14.8. The Morgan fingerprint density at radius 3 is 2.80 bits per heavy atom. The smallest absolute Gasteiger partial charge is 0.365 e. The molecule has 0 aliphatic rings. The van der Waals surface area contributed by atoms with E-state index in [9.17, 15) is 4.79 Å². The first kappa shape index (κ1) is 16.9. The van der Waals surface area contributed by atoms with E-state index in [1.165, 1.54) is 11.3 Å². The third-order valence-corrected chi connectivity index (χ3v) is 4.49. The van der Waals surface area contributed by atoms with Crippen molar-refractivity contribution in [3.63, 3.8) is 0 Å². The summed E-state index contributed by atoms with van der Waals surface area (Å²) in [4.78, 5) is 17.9. The molecule has 0 aliphatic heterocycles. The van der Waals surface area contributed by atoms with Gasteiger partial charge in [0, 0.05) is 5.69 Å². The van der Waals surface area contributed by atoms with E-state index in [4.69, 9.17) is 10.6 Å². The van der Waals surface area contributed by atoms with Crippen LogP contribution in [0.3, 0.4) is 0 Å². The zero-order chi connectivity index (χ0) is 17.8. The normalized spacial score (nSPS) is 11.5. The molecule has 2 heterocycles. The van der Waals surface area contributed by atoms with Crippen LogP contribution in [0.15, 0.2) is 53.0 Å². The highest BCUT2D eigenvalue weighted by Crippen LogP contribution is 2.12. The molecule has 0 saturated carbocycles. The molecule has 1 aromatic carbocycles. The van der Waals surface area contributed by atoms with Crippen LogP contribution in [0.25, 0.3) is 0 Å². The molecule has 6 nitrogen and oxygen atoms in total. The van der Waals surface area contributed by atoms with Gasteiger partial charge in [-0.25, -0.2) is 4.79 Å². The number of carbonyl (C=O) groups excluding carboxylic acids is 1. The van der Waals surface area contributed by atoms with Crippen molar-refractivity contribution in [1.29, 1.82) is 0 Å². The lowest BCUT2D eigenvalue weighted by Crippen LogP contribution is -2.14. The van der Waals surface area contributed by atoms with Crippen LogP contribution in [-0.4, -0.2) is 21.6 Å². The Hall–Kier alpha value is -2.93. The van der Waals surface area contributed by atoms with Crippen LogP contribution in [0, 0.1) is 13.8 Å². The predicted octanol–water partition coefficient (Wildman–Crippen LogP) is 3.09. The number of carbonyl (C=O) groups is 1. The summed E-state index contributed by atoms with van der Waals surface area (Å²) >= 11 is 1.43. The molecule has 3 aromatic rings. The van der Waals surface area contributed by atoms with E-state index in [1.54, 1.807) is 12.1 Å². The number of rotatable bonds is 5. The van der Waals surface area contributed by atoms with Gasteiger partial charge in [0.1, 0.15) is 0 Å². The number of aryl methyl sites for hydroxylation is 2. The number of amidine groups is 1. The molecule has 0 aliphatic carbocycles. The number of hydrogen-bond donors (Lipinski definition) is 1. The highest BCUT2D eigenvalue weighted by Gasteiger charge is 2.10. The molecular formula is C18H18N4O2S. The Morgan fingerprint density at radius 1 is 1.28 bits per heavy atom. The van der Waals surface area contributed by atoms with Gasteiger partial charge in [0.2, 0.25) is 0 Å². The Morgan fingerprint density at radius 2 is 2.12 bits per heavy atom. The van der Waals surface area contributed by atoms with Gasteiger partial charge in [-0.3, -0.25) is 4.68 Å². The number of aromatic nitrogens is 2. The van der Waals surface area contributed by atoms with E-state index in [2.05, 4.69) is 10.3 Å². The number of nitrogens with two attached hydrogens (primary N) is 1. The Bertz CT molecular complexity index is 913. The average Bonchev–Trinajstić information content (AvgIpc) is 3.23. The topological polar surface area (TPSA) is 82.5 Å². The zero-order valence-electron chi connectivity index (χ0n) is 14.0. The molecule has 0 fully saturated rings. The highest BCUT2D eigenvalue weighted by molar-refractivity contribution is 7.12. The van der Waals surface area contributed by atoms with Crippen molar-refractivity contribution in [2.75, 3.05) is 0 Å². The third-order valence-electron chi connectivity index (χ3n) is 3.60. The number of oxime groups is 1. The van der Waals surface area contributed by atoms with Crippen molar-refractivity contribution >= 4 is 23.1 Å². The first-order chi connectivity index (χ1) is 12.0. The molecule has 128 valence electrons. The van der Waals surface area contributed by atoms with Crippen molar-refractivity contribution in [3.05, 3.63) is 75.2 Å². The van der Waals surface area contributed by atoms with Crippen LogP contribution in [-0.2, 0) is 11.4 Å². The quantitative estimate of drug-likeness (QED) is 0.330. The second-order valence-electron chi connectivity index (χ2n) is 5.62. The van der Waals surface area contributed by atoms with Gasteiger partial charge in [-0.2, -0.15) is 5.10 Å². The number of hydrogen-bond acceptors (Lipinski definition) is 5. The molecule has 0 amide bonds. The molecule has 0 atom stereocenters. The largest absolute Gasteiger partial charge is 0.380 e. The fourth-order valence-electron chi connectivity index (χ4n) is 2.42. The van der Waals surface area contributed by atoms with E-state index in [-0.39, 0.29) is 5.84 Å². The Balaban J connectivity index is 1.71. The number of nitrogens with zero attached hydrogens (tertiary/aromatic N) is 3. The third kappa shape index (κ3) is 4.13. The molecule has 0 unspecified atom stereocenters. The lowest BCUT2D eigenvalue weighted by Gasteiger charge is -2.06. The second kappa shape index (κ2) is 7.31. The molecule has 25 heavy (non-hydrogen) atoms. The van der Waals surface area contributed by atoms with E-state index in [1.807, 2.05) is 54.2 Å². The number of thiophene rings is 1. The van der Waals surface area contributed by atoms with Crippen molar-refractivity contribution < 1.29 is 9.63 Å². The van der Waals surface area contributed by atoms with Gasteiger partial charge in [-0.15, -0.1) is 11.3 Å². The van der Waals surface area contributed by atoms with E-state index < -0.39 is 5.97 Å². The molecule has 2 aromatic heterocycles. The van der Waals surface area contributed by atoms with Crippen LogP contribution in [0.2, 0.25) is 0 Å². The summed E-state index contributed by atoms with van der Waals surface area (Å²) in [7, 11) is 0. The molecule has 0 radical (unpaired) electrons. The van der Waals surface area contributed by atoms with Gasteiger partial charge < -0.3 is 10.6 Å². The minimum Gasteiger partial charge on any atom is -0.380 e. The van der Waals surface area contributed by atoms with Crippen LogP contribution in [0.5, 0.6) is 0 Å². The minimum absolute atomic E-state index is 0.183. The maximum absolute atomic E-state index is 12.2. The van der Waals surface area contributed by atoms with E-state index in [0.717, 1.165) is 21.8 Å². The maximum Gasteiger partial charge on any atom is 0.365 e. The summed E-state index contributed by atoms with van der Waals surface area (Å²) < 4.78 is 1.90. The standard InChI is InChI=1S/C18H18N4O2S/c1-12-9-13(2)22(20-12)11-14-5-3-6-15(10-14)18(23)24-21-17(19)16-7-4-8-25-16/h3-10H,11H2,1-2H3,(H2,19,21). The van der Waals surface area contributed by atoms with Crippen molar-refractivity contribution in [2.24, 2.45) is 10.9 Å². The van der Waals surface area contributed by atoms with Crippen LogP contribution in [0.4, 0.5) is 0 Å². The first-order valence-corrected chi connectivity index (χ1v) is 8.59. The molecule has 0 spiro atoms. The van der Waals surface area contributed by atoms with Crippen LogP contribution >= 0.6 is 11.3 Å². The summed E-state index contributed by atoms with van der Waals surface area (Å²) in [6, 6.07) is 12.9. The van der Waals surface area contributed by atoms with Crippen LogP contribution < -0.4 is 5.73 Å². The fraction of sp³-hybridized carbons (Fsp3) is 0.167. The molecular weight excluding hydrogens is 336 g/mol. The SMILES string of the molecule is Cc1cc(C)n(Cc2cccc(C(=O)O/N=C(\N)c3cccs3)c2)n1. The molecule has 3 rings (SSSR count). The summed E-state index contributed by atoms with van der Waals surface area (Å²) in [5.74, 6) is -0.364. The maximum atomic E-state index is 12.2. The minimum atomic E-state index is -0.547. The average molecular weight is 354 g/mol. The van der Waals surface area contributed by atoms with Gasteiger partial charge in [0.25, 0.3) is 0 Å². The number of benzene rings is 1. The van der Waals surface area contributed by atoms with Crippen molar-refractivity contribution in [1.82, 2.24) is 9.78 Å². The predicted molar refractivity (Wildman–Crippen MR) is 97.7 cm³/mol. The summed E-state index contributed by atoms with van der Waals surface area (Å²) in [5, 5.41) is 10.0. The monoisotopic (exact) mass is 354 g/mol.